The SMILES string of the molecule is NS(=O)(=O)c1cc(C(=O)OCCC2CCC2)c(Cl)cc1F. The maximum atomic E-state index is 13.5. The van der Waals surface area contributed by atoms with Gasteiger partial charge in [0.05, 0.1) is 17.2 Å². The molecule has 0 radical (unpaired) electrons. The van der Waals surface area contributed by atoms with Crippen LogP contribution < -0.4 is 5.14 Å². The number of sulfonamides is 1. The van der Waals surface area contributed by atoms with Crippen molar-refractivity contribution in [3.63, 3.8) is 0 Å². The van der Waals surface area contributed by atoms with E-state index in [1.165, 1.54) is 6.42 Å². The van der Waals surface area contributed by atoms with E-state index in [4.69, 9.17) is 21.5 Å². The summed E-state index contributed by atoms with van der Waals surface area (Å²) in [5.74, 6) is -1.32. The molecular formula is C13H15ClFNO4S. The number of benzene rings is 1. The van der Waals surface area contributed by atoms with Crippen molar-refractivity contribution < 1.29 is 22.3 Å². The number of ether oxygens (including phenoxy) is 1. The number of hydrogen-bond donors (Lipinski definition) is 1. The molecule has 2 N–H and O–H groups in total. The van der Waals surface area contributed by atoms with Gasteiger partial charge < -0.3 is 4.74 Å². The minimum Gasteiger partial charge on any atom is -0.462 e. The van der Waals surface area contributed by atoms with Crippen LogP contribution >= 0.6 is 11.6 Å². The highest BCUT2D eigenvalue weighted by molar-refractivity contribution is 7.89. The zero-order valence-corrected chi connectivity index (χ0v) is 12.7. The van der Waals surface area contributed by atoms with Gasteiger partial charge in [-0.2, -0.15) is 0 Å². The molecule has 21 heavy (non-hydrogen) atoms. The summed E-state index contributed by atoms with van der Waals surface area (Å²) < 4.78 is 41.0. The predicted molar refractivity (Wildman–Crippen MR) is 75.0 cm³/mol. The van der Waals surface area contributed by atoms with E-state index in [1.807, 2.05) is 0 Å². The van der Waals surface area contributed by atoms with E-state index in [0.717, 1.165) is 31.4 Å². The normalized spacial score (nSPS) is 15.6. The summed E-state index contributed by atoms with van der Waals surface area (Å²) in [5, 5.41) is 4.66. The molecule has 0 saturated heterocycles. The number of esters is 1. The van der Waals surface area contributed by atoms with Gasteiger partial charge in [-0.15, -0.1) is 0 Å². The first-order valence-corrected chi connectivity index (χ1v) is 8.40. The summed E-state index contributed by atoms with van der Waals surface area (Å²) in [6.07, 6.45) is 4.21. The minimum absolute atomic E-state index is 0.212. The zero-order chi connectivity index (χ0) is 15.6. The Morgan fingerprint density at radius 1 is 1.43 bits per heavy atom. The standard InChI is InChI=1S/C13H15ClFNO4S/c14-10-7-11(15)12(21(16,18)19)6-9(10)13(17)20-5-4-8-2-1-3-8/h6-8H,1-5H2,(H2,16,18,19). The third-order valence-electron chi connectivity index (χ3n) is 3.53. The second-order valence-corrected chi connectivity index (χ2v) is 6.97. The van der Waals surface area contributed by atoms with E-state index in [2.05, 4.69) is 0 Å². The van der Waals surface area contributed by atoms with Crippen molar-refractivity contribution in [1.82, 2.24) is 0 Å². The van der Waals surface area contributed by atoms with Crippen LogP contribution in [0.1, 0.15) is 36.0 Å². The highest BCUT2D eigenvalue weighted by Crippen LogP contribution is 2.29. The summed E-state index contributed by atoms with van der Waals surface area (Å²) in [7, 11) is -4.28. The largest absolute Gasteiger partial charge is 0.462 e. The molecule has 0 aliphatic heterocycles. The molecule has 1 saturated carbocycles. The van der Waals surface area contributed by atoms with Crippen molar-refractivity contribution in [2.24, 2.45) is 11.1 Å². The molecule has 1 aromatic carbocycles. The van der Waals surface area contributed by atoms with Crippen LogP contribution in [0.3, 0.4) is 0 Å². The zero-order valence-electron chi connectivity index (χ0n) is 11.1. The minimum atomic E-state index is -4.28. The van der Waals surface area contributed by atoms with E-state index in [9.17, 15) is 17.6 Å². The topological polar surface area (TPSA) is 86.5 Å². The molecule has 0 aromatic heterocycles. The molecule has 0 heterocycles. The molecule has 0 amide bonds. The molecule has 0 unspecified atom stereocenters. The Hall–Kier alpha value is -1.18. The summed E-state index contributed by atoms with van der Waals surface area (Å²) >= 11 is 5.75. The fourth-order valence-corrected chi connectivity index (χ4v) is 2.92. The number of hydrogen-bond acceptors (Lipinski definition) is 4. The van der Waals surface area contributed by atoms with Crippen molar-refractivity contribution in [1.29, 1.82) is 0 Å². The molecule has 1 aliphatic carbocycles. The monoisotopic (exact) mass is 335 g/mol. The second-order valence-electron chi connectivity index (χ2n) is 5.03. The van der Waals surface area contributed by atoms with Gasteiger partial charge >= 0.3 is 5.97 Å². The second kappa shape index (κ2) is 6.29. The van der Waals surface area contributed by atoms with Gasteiger partial charge in [0.1, 0.15) is 10.7 Å². The van der Waals surface area contributed by atoms with Gasteiger partial charge in [0.15, 0.2) is 0 Å². The highest BCUT2D eigenvalue weighted by Gasteiger charge is 2.22. The summed E-state index contributed by atoms with van der Waals surface area (Å²) in [6.45, 7) is 0.224. The van der Waals surface area contributed by atoms with Gasteiger partial charge in [-0.25, -0.2) is 22.7 Å². The lowest BCUT2D eigenvalue weighted by Gasteiger charge is -2.24. The Balaban J connectivity index is 2.12. The third kappa shape index (κ3) is 3.93. The molecule has 1 aliphatic rings. The maximum absolute atomic E-state index is 13.5. The van der Waals surface area contributed by atoms with Gasteiger partial charge in [-0.05, 0) is 24.5 Å². The molecule has 0 bridgehead atoms. The number of carbonyl (C=O) groups excluding carboxylic acids is 1. The van der Waals surface area contributed by atoms with Gasteiger partial charge in [0.2, 0.25) is 10.0 Å². The first-order chi connectivity index (χ1) is 9.79. The van der Waals surface area contributed by atoms with Crippen LogP contribution in [-0.4, -0.2) is 21.0 Å². The van der Waals surface area contributed by atoms with Crippen LogP contribution in [0.5, 0.6) is 0 Å². The van der Waals surface area contributed by atoms with Gasteiger partial charge in [0, 0.05) is 0 Å². The summed E-state index contributed by atoms with van der Waals surface area (Å²) in [5.41, 5.74) is -0.212. The lowest BCUT2D eigenvalue weighted by Crippen LogP contribution is -2.17. The Morgan fingerprint density at radius 3 is 2.62 bits per heavy atom. The molecule has 1 aromatic rings. The van der Waals surface area contributed by atoms with E-state index >= 15 is 0 Å². The highest BCUT2D eigenvalue weighted by atomic mass is 35.5. The average Bonchev–Trinajstić information content (AvgIpc) is 2.30. The number of carbonyl (C=O) groups is 1. The molecule has 0 spiro atoms. The first-order valence-electron chi connectivity index (χ1n) is 6.48. The Bertz CT molecular complexity index is 658. The van der Waals surface area contributed by atoms with Crippen molar-refractivity contribution in [3.05, 3.63) is 28.5 Å². The lowest BCUT2D eigenvalue weighted by atomic mass is 9.83. The lowest BCUT2D eigenvalue weighted by molar-refractivity contribution is 0.0464. The van der Waals surface area contributed by atoms with Crippen LogP contribution in [0.4, 0.5) is 4.39 Å². The molecule has 116 valence electrons. The number of halogens is 2. The van der Waals surface area contributed by atoms with E-state index in [-0.39, 0.29) is 17.2 Å². The fraction of sp³-hybridized carbons (Fsp3) is 0.462. The number of primary sulfonamides is 1. The third-order valence-corrected chi connectivity index (χ3v) is 4.77. The quantitative estimate of drug-likeness (QED) is 0.837. The van der Waals surface area contributed by atoms with Crippen molar-refractivity contribution in [2.45, 2.75) is 30.6 Å². The summed E-state index contributed by atoms with van der Waals surface area (Å²) in [4.78, 5) is 11.1. The maximum Gasteiger partial charge on any atom is 0.339 e. The van der Waals surface area contributed by atoms with Crippen molar-refractivity contribution >= 4 is 27.6 Å². The van der Waals surface area contributed by atoms with Gasteiger partial charge in [-0.1, -0.05) is 30.9 Å². The van der Waals surface area contributed by atoms with Gasteiger partial charge in [0.25, 0.3) is 0 Å². The molecule has 5 nitrogen and oxygen atoms in total. The predicted octanol–water partition coefficient (Wildman–Crippen LogP) is 2.47. The smallest absolute Gasteiger partial charge is 0.339 e. The molecule has 2 rings (SSSR count). The van der Waals surface area contributed by atoms with Crippen molar-refractivity contribution in [3.8, 4) is 0 Å². The van der Waals surface area contributed by atoms with Crippen LogP contribution in [-0.2, 0) is 14.8 Å². The van der Waals surface area contributed by atoms with Crippen molar-refractivity contribution in [2.75, 3.05) is 6.61 Å². The Labute approximate surface area is 127 Å². The molecule has 0 atom stereocenters. The first kappa shape index (κ1) is 16.2. The van der Waals surface area contributed by atoms with E-state index in [0.29, 0.717) is 5.92 Å². The Morgan fingerprint density at radius 2 is 2.10 bits per heavy atom. The van der Waals surface area contributed by atoms with E-state index in [1.54, 1.807) is 0 Å². The van der Waals surface area contributed by atoms with Crippen LogP contribution in [0.15, 0.2) is 17.0 Å². The fourth-order valence-electron chi connectivity index (χ4n) is 2.08. The van der Waals surface area contributed by atoms with Crippen LogP contribution in [0, 0.1) is 11.7 Å². The number of rotatable bonds is 5. The molecular weight excluding hydrogens is 321 g/mol. The van der Waals surface area contributed by atoms with Crippen LogP contribution in [0.2, 0.25) is 5.02 Å². The molecule has 1 fully saturated rings. The molecule has 8 heteroatoms. The Kier molecular flexibility index (Phi) is 4.85. The van der Waals surface area contributed by atoms with Gasteiger partial charge in [-0.3, -0.25) is 0 Å². The summed E-state index contributed by atoms with van der Waals surface area (Å²) in [6, 6.07) is 1.54. The van der Waals surface area contributed by atoms with E-state index < -0.39 is 26.7 Å². The average molecular weight is 336 g/mol. The number of nitrogens with two attached hydrogens (primary N) is 1. The van der Waals surface area contributed by atoms with Crippen LogP contribution in [0.25, 0.3) is 0 Å².